The third-order valence-corrected chi connectivity index (χ3v) is 1.41. The molecule has 0 heterocycles. The van der Waals surface area contributed by atoms with E-state index in [1.807, 2.05) is 0 Å². The molecule has 0 amide bonds. The summed E-state index contributed by atoms with van der Waals surface area (Å²) >= 11 is 0. The molecule has 0 saturated heterocycles. The Balaban J connectivity index is 4.02. The Kier molecular flexibility index (Phi) is 5.01. The van der Waals surface area contributed by atoms with E-state index in [9.17, 15) is 9.59 Å². The fraction of sp³-hybridized carbons (Fsp3) is 0.714. The smallest absolute Gasteiger partial charge is 0.337 e. The predicted molar refractivity (Wildman–Crippen MR) is 40.7 cm³/mol. The topological polar surface area (TPSA) is 93.1 Å². The van der Waals surface area contributed by atoms with Crippen LogP contribution < -0.4 is 0 Å². The lowest BCUT2D eigenvalue weighted by atomic mass is 10.1. The van der Waals surface area contributed by atoms with Crippen molar-refractivity contribution in [1.82, 2.24) is 0 Å². The summed E-state index contributed by atoms with van der Waals surface area (Å²) in [6.45, 7) is 0. The van der Waals surface area contributed by atoms with Crippen LogP contribution in [0.2, 0.25) is 0 Å². The highest BCUT2D eigenvalue weighted by Gasteiger charge is 2.27. The van der Waals surface area contributed by atoms with Gasteiger partial charge in [0.1, 0.15) is 6.10 Å². The van der Waals surface area contributed by atoms with E-state index >= 15 is 0 Å². The van der Waals surface area contributed by atoms with E-state index in [4.69, 9.17) is 10.2 Å². The zero-order valence-corrected chi connectivity index (χ0v) is 7.39. The number of aliphatic hydroxyl groups is 2. The van der Waals surface area contributed by atoms with Crippen LogP contribution in [-0.2, 0) is 19.1 Å². The van der Waals surface area contributed by atoms with Gasteiger partial charge in [-0.05, 0) is 0 Å². The van der Waals surface area contributed by atoms with Crippen LogP contribution in [0.4, 0.5) is 0 Å². The van der Waals surface area contributed by atoms with Gasteiger partial charge in [-0.15, -0.1) is 0 Å². The maximum absolute atomic E-state index is 10.6. The molecule has 0 unspecified atom stereocenters. The Morgan fingerprint density at radius 2 is 1.77 bits per heavy atom. The molecule has 0 aliphatic carbocycles. The molecule has 0 rings (SSSR count). The van der Waals surface area contributed by atoms with Crippen LogP contribution in [0.15, 0.2) is 0 Å². The molecule has 6 heteroatoms. The Morgan fingerprint density at radius 3 is 2.15 bits per heavy atom. The van der Waals surface area contributed by atoms with Crippen LogP contribution in [0, 0.1) is 0 Å². The third-order valence-electron chi connectivity index (χ3n) is 1.41. The first kappa shape index (κ1) is 11.9. The Morgan fingerprint density at radius 1 is 1.23 bits per heavy atom. The summed E-state index contributed by atoms with van der Waals surface area (Å²) in [7, 11) is 2.20. The summed E-state index contributed by atoms with van der Waals surface area (Å²) in [6.07, 6.45) is -3.67. The zero-order chi connectivity index (χ0) is 10.4. The van der Waals surface area contributed by atoms with Crippen LogP contribution >= 0.6 is 0 Å². The summed E-state index contributed by atoms with van der Waals surface area (Å²) in [4.78, 5) is 21.2. The number of rotatable bonds is 4. The van der Waals surface area contributed by atoms with Crippen LogP contribution in [0.5, 0.6) is 0 Å². The molecule has 13 heavy (non-hydrogen) atoms. The molecule has 0 saturated carbocycles. The van der Waals surface area contributed by atoms with Gasteiger partial charge in [0, 0.05) is 0 Å². The number of hydrogen-bond acceptors (Lipinski definition) is 6. The standard InChI is InChI=1S/C7H12O6/c1-12-5(9)3-4(8)6(10)7(11)13-2/h4,6,8,10H,3H2,1-2H3/t4-,6+/m0/s1. The van der Waals surface area contributed by atoms with E-state index in [-0.39, 0.29) is 0 Å². The lowest BCUT2D eigenvalue weighted by Crippen LogP contribution is -2.36. The first-order valence-corrected chi connectivity index (χ1v) is 3.53. The van der Waals surface area contributed by atoms with Crippen LogP contribution in [0.1, 0.15) is 6.42 Å². The van der Waals surface area contributed by atoms with E-state index in [0.717, 1.165) is 14.2 Å². The number of carbonyl (C=O) groups is 2. The van der Waals surface area contributed by atoms with Gasteiger partial charge in [-0.2, -0.15) is 0 Å². The average Bonchev–Trinajstić information content (AvgIpc) is 2.14. The molecule has 6 nitrogen and oxygen atoms in total. The first-order valence-electron chi connectivity index (χ1n) is 3.53. The quantitative estimate of drug-likeness (QED) is 0.523. The maximum atomic E-state index is 10.6. The number of aliphatic hydroxyl groups excluding tert-OH is 2. The predicted octanol–water partition coefficient (Wildman–Crippen LogP) is -1.56. The van der Waals surface area contributed by atoms with Crippen LogP contribution in [0.3, 0.4) is 0 Å². The molecule has 0 aromatic carbocycles. The van der Waals surface area contributed by atoms with Gasteiger partial charge in [0.15, 0.2) is 6.10 Å². The van der Waals surface area contributed by atoms with E-state index in [2.05, 4.69) is 9.47 Å². The molecule has 0 aliphatic rings. The SMILES string of the molecule is COC(=O)C[C@H](O)[C@@H](O)C(=O)OC. The molecule has 0 aliphatic heterocycles. The molecule has 0 aromatic rings. The number of hydrogen-bond donors (Lipinski definition) is 2. The van der Waals surface area contributed by atoms with Crippen molar-refractivity contribution >= 4 is 11.9 Å². The van der Waals surface area contributed by atoms with Gasteiger partial charge in [-0.25, -0.2) is 4.79 Å². The molecule has 0 radical (unpaired) electrons. The molecule has 0 fully saturated rings. The number of ether oxygens (including phenoxy) is 2. The van der Waals surface area contributed by atoms with Gasteiger partial charge in [-0.3, -0.25) is 4.79 Å². The lowest BCUT2D eigenvalue weighted by Gasteiger charge is -2.13. The van der Waals surface area contributed by atoms with Crippen molar-refractivity contribution < 1.29 is 29.3 Å². The second kappa shape index (κ2) is 5.50. The fourth-order valence-electron chi connectivity index (χ4n) is 0.644. The molecule has 2 N–H and O–H groups in total. The Hall–Kier alpha value is -1.14. The second-order valence-corrected chi connectivity index (χ2v) is 2.32. The maximum Gasteiger partial charge on any atom is 0.337 e. The average molecular weight is 192 g/mol. The summed E-state index contributed by atoms with van der Waals surface area (Å²) in [6, 6.07) is 0. The third kappa shape index (κ3) is 3.86. The van der Waals surface area contributed by atoms with E-state index in [1.165, 1.54) is 0 Å². The molecule has 0 bridgehead atoms. The van der Waals surface area contributed by atoms with Crippen molar-refractivity contribution in [2.45, 2.75) is 18.6 Å². The molecular weight excluding hydrogens is 180 g/mol. The number of carbonyl (C=O) groups excluding carboxylic acids is 2. The van der Waals surface area contributed by atoms with E-state index < -0.39 is 30.6 Å². The summed E-state index contributed by atoms with van der Waals surface area (Å²) < 4.78 is 8.37. The van der Waals surface area contributed by atoms with Crippen LogP contribution in [0.25, 0.3) is 0 Å². The highest BCUT2D eigenvalue weighted by Crippen LogP contribution is 2.01. The van der Waals surface area contributed by atoms with Gasteiger partial charge in [0.25, 0.3) is 0 Å². The van der Waals surface area contributed by atoms with E-state index in [1.54, 1.807) is 0 Å². The Labute approximate surface area is 75.1 Å². The normalized spacial score (nSPS) is 14.5. The van der Waals surface area contributed by atoms with Gasteiger partial charge in [-0.1, -0.05) is 0 Å². The molecule has 0 spiro atoms. The van der Waals surface area contributed by atoms with Crippen molar-refractivity contribution in [3.63, 3.8) is 0 Å². The van der Waals surface area contributed by atoms with Crippen molar-refractivity contribution in [3.8, 4) is 0 Å². The summed E-state index contributed by atoms with van der Waals surface area (Å²) in [5, 5.41) is 18.1. The molecule has 76 valence electrons. The monoisotopic (exact) mass is 192 g/mol. The highest BCUT2D eigenvalue weighted by atomic mass is 16.5. The summed E-state index contributed by atoms with van der Waals surface area (Å²) in [5.74, 6) is -1.70. The zero-order valence-electron chi connectivity index (χ0n) is 7.39. The molecule has 0 aromatic heterocycles. The number of esters is 2. The summed E-state index contributed by atoms with van der Waals surface area (Å²) in [5.41, 5.74) is 0. The number of methoxy groups -OCH3 is 2. The minimum absolute atomic E-state index is 0.452. The largest absolute Gasteiger partial charge is 0.469 e. The molecular formula is C7H12O6. The van der Waals surface area contributed by atoms with Crippen molar-refractivity contribution in [2.24, 2.45) is 0 Å². The minimum Gasteiger partial charge on any atom is -0.469 e. The van der Waals surface area contributed by atoms with Gasteiger partial charge in [0.2, 0.25) is 0 Å². The van der Waals surface area contributed by atoms with Crippen molar-refractivity contribution in [2.75, 3.05) is 14.2 Å². The Bertz CT molecular complexity index is 189. The van der Waals surface area contributed by atoms with Gasteiger partial charge < -0.3 is 19.7 Å². The van der Waals surface area contributed by atoms with Gasteiger partial charge >= 0.3 is 11.9 Å². The fourth-order valence-corrected chi connectivity index (χ4v) is 0.644. The van der Waals surface area contributed by atoms with Crippen molar-refractivity contribution in [1.29, 1.82) is 0 Å². The molecule has 2 atom stereocenters. The van der Waals surface area contributed by atoms with Crippen molar-refractivity contribution in [3.05, 3.63) is 0 Å². The first-order chi connectivity index (χ1) is 6.02. The lowest BCUT2D eigenvalue weighted by molar-refractivity contribution is -0.159. The van der Waals surface area contributed by atoms with Gasteiger partial charge in [0.05, 0.1) is 20.6 Å². The second-order valence-electron chi connectivity index (χ2n) is 2.32. The van der Waals surface area contributed by atoms with Crippen LogP contribution in [-0.4, -0.2) is 48.6 Å². The highest BCUT2D eigenvalue weighted by molar-refractivity contribution is 5.77. The minimum atomic E-state index is -1.72. The van der Waals surface area contributed by atoms with E-state index in [0.29, 0.717) is 0 Å².